The van der Waals surface area contributed by atoms with E-state index in [2.05, 4.69) is 0 Å². The molecule has 0 amide bonds. The fourth-order valence-corrected chi connectivity index (χ4v) is 1.48. The third kappa shape index (κ3) is 10.9. The van der Waals surface area contributed by atoms with Crippen LogP contribution in [0.25, 0.3) is 0 Å². The van der Waals surface area contributed by atoms with Gasteiger partial charge in [-0.15, -0.1) is 0 Å². The van der Waals surface area contributed by atoms with Gasteiger partial charge in [-0.3, -0.25) is 9.05 Å². The Kier molecular flexibility index (Phi) is 12.6. The molecule has 0 atom stereocenters. The largest absolute Gasteiger partial charge is 0.472 e. The van der Waals surface area contributed by atoms with Crippen LogP contribution >= 0.6 is 7.82 Å². The molecule has 0 rings (SSSR count). The molecule has 0 aliphatic heterocycles. The molecule has 14 heavy (non-hydrogen) atoms. The molecule has 0 aromatic rings. The molecular weight excluding hydrogens is 297 g/mol. The van der Waals surface area contributed by atoms with Gasteiger partial charge in [0.25, 0.3) is 0 Å². The second kappa shape index (κ2) is 10.3. The van der Waals surface area contributed by atoms with Gasteiger partial charge in [-0.1, -0.05) is 26.7 Å². The molecule has 90 valence electrons. The van der Waals surface area contributed by atoms with Gasteiger partial charge in [0.15, 0.2) is 0 Å². The molecule has 0 saturated heterocycles. The predicted octanol–water partition coefficient (Wildman–Crippen LogP) is 2.72. The molecule has 4 nitrogen and oxygen atoms in total. The van der Waals surface area contributed by atoms with E-state index < -0.39 is 7.82 Å². The number of phosphoric ester groups is 1. The maximum atomic E-state index is 11.1. The Morgan fingerprint density at radius 1 is 1.07 bits per heavy atom. The number of hydrogen-bond acceptors (Lipinski definition) is 3. The summed E-state index contributed by atoms with van der Waals surface area (Å²) in [5.74, 6) is 0. The van der Waals surface area contributed by atoms with E-state index in [1.807, 2.05) is 13.8 Å². The number of rotatable bonds is 8. The first kappa shape index (κ1) is 17.2. The number of hydrogen-bond donors (Lipinski definition) is 1. The summed E-state index contributed by atoms with van der Waals surface area (Å²) in [6.07, 6.45) is 3.44. The van der Waals surface area contributed by atoms with Crippen LogP contribution in [0.15, 0.2) is 0 Å². The van der Waals surface area contributed by atoms with Crippen molar-refractivity contribution in [3.63, 3.8) is 0 Å². The summed E-state index contributed by atoms with van der Waals surface area (Å²) in [4.78, 5) is 9.08. The van der Waals surface area contributed by atoms with Crippen LogP contribution in [-0.2, 0) is 34.0 Å². The van der Waals surface area contributed by atoms with Gasteiger partial charge in [-0.05, 0) is 12.8 Å². The molecule has 0 aromatic heterocycles. The van der Waals surface area contributed by atoms with Gasteiger partial charge in [-0.2, -0.15) is 0 Å². The zero-order valence-electron chi connectivity index (χ0n) is 8.68. The minimum absolute atomic E-state index is 0. The maximum absolute atomic E-state index is 11.1. The third-order valence-electron chi connectivity index (χ3n) is 1.50. The monoisotopic (exact) mass is 316 g/mol. The van der Waals surface area contributed by atoms with E-state index >= 15 is 0 Å². The van der Waals surface area contributed by atoms with E-state index in [4.69, 9.17) is 13.9 Å². The van der Waals surface area contributed by atoms with Crippen molar-refractivity contribution in [1.82, 2.24) is 0 Å². The third-order valence-corrected chi connectivity index (χ3v) is 2.52. The summed E-state index contributed by atoms with van der Waals surface area (Å²) >= 11 is 0. The van der Waals surface area contributed by atoms with Crippen LogP contribution in [-0.4, -0.2) is 18.1 Å². The van der Waals surface area contributed by atoms with Crippen molar-refractivity contribution in [2.45, 2.75) is 39.5 Å². The second-order valence-electron chi connectivity index (χ2n) is 2.84. The zero-order chi connectivity index (χ0) is 10.2. The standard InChI is InChI=1S/C8H19O4P.Pd/c1-3-5-7-11-13(9,10)12-8-6-4-2;/h3-8H2,1-2H3,(H,9,10);. The van der Waals surface area contributed by atoms with Crippen LogP contribution in [0.5, 0.6) is 0 Å². The van der Waals surface area contributed by atoms with Crippen LogP contribution in [0.2, 0.25) is 0 Å². The van der Waals surface area contributed by atoms with Crippen LogP contribution in [0.1, 0.15) is 39.5 Å². The van der Waals surface area contributed by atoms with E-state index in [9.17, 15) is 4.57 Å². The molecule has 0 heterocycles. The van der Waals surface area contributed by atoms with E-state index in [-0.39, 0.29) is 33.6 Å². The number of unbranched alkanes of at least 4 members (excludes halogenated alkanes) is 2. The van der Waals surface area contributed by atoms with Gasteiger partial charge in [0.2, 0.25) is 0 Å². The minimum atomic E-state index is -3.75. The summed E-state index contributed by atoms with van der Waals surface area (Å²) in [5, 5.41) is 0. The van der Waals surface area contributed by atoms with E-state index in [0.717, 1.165) is 25.7 Å². The molecule has 0 aromatic carbocycles. The van der Waals surface area contributed by atoms with Crippen molar-refractivity contribution in [3.05, 3.63) is 0 Å². The summed E-state index contributed by atoms with van der Waals surface area (Å²) in [6.45, 7) is 4.56. The quantitative estimate of drug-likeness (QED) is 0.425. The molecule has 0 unspecified atom stereocenters. The summed E-state index contributed by atoms with van der Waals surface area (Å²) in [7, 11) is -3.75. The summed E-state index contributed by atoms with van der Waals surface area (Å²) < 4.78 is 20.5. The topological polar surface area (TPSA) is 55.8 Å². The van der Waals surface area contributed by atoms with Gasteiger partial charge in [-0.25, -0.2) is 4.57 Å². The van der Waals surface area contributed by atoms with Crippen LogP contribution in [0.4, 0.5) is 0 Å². The van der Waals surface area contributed by atoms with Crippen LogP contribution < -0.4 is 0 Å². The Morgan fingerprint density at radius 2 is 1.43 bits per heavy atom. The molecule has 6 heteroatoms. The minimum Gasteiger partial charge on any atom is -0.302 e. The second-order valence-corrected chi connectivity index (χ2v) is 4.30. The molecule has 0 spiro atoms. The van der Waals surface area contributed by atoms with Crippen molar-refractivity contribution < 1.29 is 38.9 Å². The van der Waals surface area contributed by atoms with Gasteiger partial charge in [0.05, 0.1) is 13.2 Å². The molecule has 1 N–H and O–H groups in total. The Hall–Kier alpha value is 0.772. The Morgan fingerprint density at radius 3 is 1.71 bits per heavy atom. The molecule has 0 radical (unpaired) electrons. The molecule has 0 saturated carbocycles. The van der Waals surface area contributed by atoms with Crippen LogP contribution in [0.3, 0.4) is 0 Å². The molecular formula is C8H19O4PPd. The van der Waals surface area contributed by atoms with E-state index in [1.54, 1.807) is 0 Å². The summed E-state index contributed by atoms with van der Waals surface area (Å²) in [5.41, 5.74) is 0. The average molecular weight is 317 g/mol. The Bertz CT molecular complexity index is 151. The van der Waals surface area contributed by atoms with Gasteiger partial charge < -0.3 is 4.89 Å². The average Bonchev–Trinajstić information content (AvgIpc) is 2.05. The van der Waals surface area contributed by atoms with E-state index in [1.165, 1.54) is 0 Å². The molecule has 0 aliphatic carbocycles. The SMILES string of the molecule is CCCCOP(=O)(O)OCCCC.[Pd]. The van der Waals surface area contributed by atoms with Crippen molar-refractivity contribution >= 4 is 7.82 Å². The molecule has 0 fully saturated rings. The molecule has 0 bridgehead atoms. The van der Waals surface area contributed by atoms with Crippen molar-refractivity contribution in [1.29, 1.82) is 0 Å². The van der Waals surface area contributed by atoms with Crippen molar-refractivity contribution in [2.24, 2.45) is 0 Å². The Balaban J connectivity index is 0. The smallest absolute Gasteiger partial charge is 0.302 e. The van der Waals surface area contributed by atoms with E-state index in [0.29, 0.717) is 0 Å². The first-order chi connectivity index (χ1) is 6.12. The van der Waals surface area contributed by atoms with Gasteiger partial charge in [0.1, 0.15) is 0 Å². The van der Waals surface area contributed by atoms with Crippen LogP contribution in [0, 0.1) is 0 Å². The Labute approximate surface area is 99.6 Å². The first-order valence-corrected chi connectivity index (χ1v) is 6.23. The maximum Gasteiger partial charge on any atom is 0.472 e. The van der Waals surface area contributed by atoms with Crippen molar-refractivity contribution in [2.75, 3.05) is 13.2 Å². The zero-order valence-corrected chi connectivity index (χ0v) is 11.1. The summed E-state index contributed by atoms with van der Waals surface area (Å²) in [6, 6.07) is 0. The molecule has 0 aliphatic rings. The predicted molar refractivity (Wildman–Crippen MR) is 51.5 cm³/mol. The number of phosphoric acid groups is 1. The fourth-order valence-electron chi connectivity index (χ4n) is 0.686. The van der Waals surface area contributed by atoms with Gasteiger partial charge in [0, 0.05) is 20.4 Å². The fraction of sp³-hybridized carbons (Fsp3) is 1.00. The van der Waals surface area contributed by atoms with Gasteiger partial charge >= 0.3 is 7.82 Å². The van der Waals surface area contributed by atoms with Crippen molar-refractivity contribution in [3.8, 4) is 0 Å². The first-order valence-electron chi connectivity index (χ1n) is 4.74. The normalized spacial score (nSPS) is 11.1.